The van der Waals surface area contributed by atoms with Gasteiger partial charge in [0.2, 0.25) is 0 Å². The first-order valence-corrected chi connectivity index (χ1v) is 9.67. The average Bonchev–Trinajstić information content (AvgIpc) is 3.26. The van der Waals surface area contributed by atoms with Crippen LogP contribution in [0, 0.1) is 5.82 Å². The topological polar surface area (TPSA) is 139 Å². The number of H-pyrrole nitrogens is 1. The van der Waals surface area contributed by atoms with Crippen molar-refractivity contribution in [2.75, 3.05) is 26.2 Å². The van der Waals surface area contributed by atoms with Crippen LogP contribution < -0.4 is 10.5 Å². The van der Waals surface area contributed by atoms with Gasteiger partial charge in [-0.05, 0) is 24.3 Å². The number of nitrogens with one attached hydrogen (secondary N) is 1. The minimum absolute atomic E-state index is 0.0331. The van der Waals surface area contributed by atoms with E-state index >= 15 is 0 Å². The van der Waals surface area contributed by atoms with Crippen LogP contribution in [0.15, 0.2) is 42.7 Å². The number of Topliss-reactive ketones (excluding diaryl/α,β-unsaturated/α-hetero) is 1. The van der Waals surface area contributed by atoms with Gasteiger partial charge in [-0.15, -0.1) is 0 Å². The number of amides is 3. The third-order valence-corrected chi connectivity index (χ3v) is 5.13. The van der Waals surface area contributed by atoms with Crippen LogP contribution in [0.1, 0.15) is 20.8 Å². The molecule has 10 nitrogen and oxygen atoms in total. The molecule has 0 saturated carbocycles. The summed E-state index contributed by atoms with van der Waals surface area (Å²) in [7, 11) is 0. The number of hydrogen-bond acceptors (Lipinski definition) is 6. The van der Waals surface area contributed by atoms with Gasteiger partial charge in [-0.25, -0.2) is 9.18 Å². The summed E-state index contributed by atoms with van der Waals surface area (Å²) >= 11 is 0. The molecule has 11 heteroatoms. The highest BCUT2D eigenvalue weighted by molar-refractivity contribution is 6.45. The molecule has 3 heterocycles. The van der Waals surface area contributed by atoms with Crippen LogP contribution in [0.4, 0.5) is 9.18 Å². The molecule has 0 spiro atoms. The van der Waals surface area contributed by atoms with Gasteiger partial charge in [-0.2, -0.15) is 0 Å². The highest BCUT2D eigenvalue weighted by Gasteiger charge is 2.31. The fraction of sp³-hybridized carbons (Fsp3) is 0.190. The lowest BCUT2D eigenvalue weighted by molar-refractivity contribution is -0.127. The van der Waals surface area contributed by atoms with E-state index in [4.69, 9.17) is 10.5 Å². The van der Waals surface area contributed by atoms with Crippen molar-refractivity contribution in [2.24, 2.45) is 5.73 Å². The molecule has 1 aliphatic heterocycles. The summed E-state index contributed by atoms with van der Waals surface area (Å²) in [4.78, 5) is 58.7. The van der Waals surface area contributed by atoms with Crippen molar-refractivity contribution in [1.29, 1.82) is 0 Å². The lowest BCUT2D eigenvalue weighted by Crippen LogP contribution is -2.52. The third kappa shape index (κ3) is 3.87. The number of rotatable bonds is 4. The quantitative estimate of drug-likeness (QED) is 0.464. The van der Waals surface area contributed by atoms with Crippen molar-refractivity contribution in [3.8, 4) is 5.75 Å². The Kier molecular flexibility index (Phi) is 5.54. The van der Waals surface area contributed by atoms with Crippen LogP contribution in [-0.4, -0.2) is 69.6 Å². The Labute approximate surface area is 180 Å². The van der Waals surface area contributed by atoms with E-state index in [2.05, 4.69) is 9.97 Å². The molecule has 0 radical (unpaired) electrons. The largest absolute Gasteiger partial charge is 0.410 e. The number of benzene rings is 1. The predicted molar refractivity (Wildman–Crippen MR) is 110 cm³/mol. The lowest BCUT2D eigenvalue weighted by atomic mass is 10.1. The molecular weight excluding hydrogens is 421 g/mol. The van der Waals surface area contributed by atoms with Gasteiger partial charge in [-0.3, -0.25) is 19.4 Å². The van der Waals surface area contributed by atoms with E-state index in [1.165, 1.54) is 23.4 Å². The number of hydrogen-bond donors (Lipinski definition) is 2. The molecule has 2 aromatic heterocycles. The molecule has 0 atom stereocenters. The van der Waals surface area contributed by atoms with Crippen LogP contribution in [-0.2, 0) is 4.79 Å². The summed E-state index contributed by atoms with van der Waals surface area (Å²) in [5.74, 6) is -2.83. The van der Waals surface area contributed by atoms with Gasteiger partial charge in [0.15, 0.2) is 5.75 Å². The molecule has 4 rings (SSSR count). The first kappa shape index (κ1) is 21.0. The molecule has 3 aromatic rings. The van der Waals surface area contributed by atoms with Crippen LogP contribution in [0.5, 0.6) is 5.75 Å². The number of ketones is 1. The van der Waals surface area contributed by atoms with Gasteiger partial charge in [0.05, 0.1) is 16.5 Å². The summed E-state index contributed by atoms with van der Waals surface area (Å²) in [6.45, 7) is 0.745. The molecule has 32 heavy (non-hydrogen) atoms. The Morgan fingerprint density at radius 1 is 1.03 bits per heavy atom. The second-order valence-electron chi connectivity index (χ2n) is 7.05. The maximum Gasteiger partial charge on any atom is 0.410 e. The SMILES string of the molecule is NC(=O)Oc1ccc(F)c2c(C(=O)C(=O)N3CCN(C(=O)c4ccccn4)CC3)c[nH]c12. The summed E-state index contributed by atoms with van der Waals surface area (Å²) in [5, 5.41) is -0.175. The first-order chi connectivity index (χ1) is 15.4. The summed E-state index contributed by atoms with van der Waals surface area (Å²) in [5.41, 5.74) is 5.15. The van der Waals surface area contributed by atoms with Gasteiger partial charge >= 0.3 is 6.09 Å². The number of nitrogens with two attached hydrogens (primary N) is 1. The van der Waals surface area contributed by atoms with E-state index in [0.29, 0.717) is 5.69 Å². The third-order valence-electron chi connectivity index (χ3n) is 5.13. The van der Waals surface area contributed by atoms with Crippen LogP contribution >= 0.6 is 0 Å². The zero-order valence-electron chi connectivity index (χ0n) is 16.7. The molecule has 164 valence electrons. The number of aromatic nitrogens is 2. The molecule has 0 unspecified atom stereocenters. The van der Waals surface area contributed by atoms with E-state index in [0.717, 1.165) is 6.07 Å². The second-order valence-corrected chi connectivity index (χ2v) is 7.05. The van der Waals surface area contributed by atoms with Crippen LogP contribution in [0.2, 0.25) is 0 Å². The number of pyridine rings is 1. The molecule has 0 bridgehead atoms. The van der Waals surface area contributed by atoms with E-state index in [1.807, 2.05) is 0 Å². The number of aromatic amines is 1. The minimum Gasteiger partial charge on any atom is -0.408 e. The average molecular weight is 439 g/mol. The maximum atomic E-state index is 14.4. The summed E-state index contributed by atoms with van der Waals surface area (Å²) in [6, 6.07) is 7.21. The van der Waals surface area contributed by atoms with E-state index in [9.17, 15) is 23.6 Å². The fourth-order valence-electron chi connectivity index (χ4n) is 3.58. The zero-order valence-corrected chi connectivity index (χ0v) is 16.7. The number of ether oxygens (including phenoxy) is 1. The molecule has 1 fully saturated rings. The van der Waals surface area contributed by atoms with Gasteiger partial charge in [0.1, 0.15) is 11.5 Å². The summed E-state index contributed by atoms with van der Waals surface area (Å²) < 4.78 is 19.3. The van der Waals surface area contributed by atoms with Crippen molar-refractivity contribution in [1.82, 2.24) is 19.8 Å². The van der Waals surface area contributed by atoms with Crippen LogP contribution in [0.25, 0.3) is 10.9 Å². The zero-order chi connectivity index (χ0) is 22.8. The van der Waals surface area contributed by atoms with Gasteiger partial charge < -0.3 is 25.3 Å². The number of carbonyl (C=O) groups excluding carboxylic acids is 4. The molecule has 3 amide bonds. The standard InChI is InChI=1S/C21H18FN5O5/c22-13-4-5-15(32-21(23)31)17-16(13)12(11-25-17)18(28)20(30)27-9-7-26(8-10-27)19(29)14-3-1-2-6-24-14/h1-6,11,25H,7-10H2,(H2,23,31). The van der Waals surface area contributed by atoms with E-state index in [1.54, 1.807) is 23.1 Å². The Balaban J connectivity index is 1.49. The van der Waals surface area contributed by atoms with Gasteiger partial charge in [0, 0.05) is 38.6 Å². The molecule has 3 N–H and O–H groups in total. The Morgan fingerprint density at radius 2 is 1.75 bits per heavy atom. The van der Waals surface area contributed by atoms with Crippen molar-refractivity contribution >= 4 is 34.6 Å². The van der Waals surface area contributed by atoms with Gasteiger partial charge in [-0.1, -0.05) is 6.07 Å². The van der Waals surface area contributed by atoms with Gasteiger partial charge in [0.25, 0.3) is 17.6 Å². The highest BCUT2D eigenvalue weighted by atomic mass is 19.1. The Morgan fingerprint density at radius 3 is 2.41 bits per heavy atom. The smallest absolute Gasteiger partial charge is 0.408 e. The van der Waals surface area contributed by atoms with Crippen molar-refractivity contribution < 1.29 is 28.3 Å². The highest BCUT2D eigenvalue weighted by Crippen LogP contribution is 2.30. The lowest BCUT2D eigenvalue weighted by Gasteiger charge is -2.34. The van der Waals surface area contributed by atoms with Crippen molar-refractivity contribution in [3.05, 3.63) is 59.8 Å². The molecular formula is C21H18FN5O5. The number of halogens is 1. The number of piperazine rings is 1. The normalized spacial score (nSPS) is 13.8. The Hall–Kier alpha value is -4.28. The summed E-state index contributed by atoms with van der Waals surface area (Å²) in [6.07, 6.45) is 1.60. The molecule has 0 aliphatic carbocycles. The van der Waals surface area contributed by atoms with E-state index < -0.39 is 23.6 Å². The molecule has 1 saturated heterocycles. The molecule has 1 aromatic carbocycles. The Bertz CT molecular complexity index is 1220. The second kappa shape index (κ2) is 8.46. The fourth-order valence-corrected chi connectivity index (χ4v) is 3.58. The predicted octanol–water partition coefficient (Wildman–Crippen LogP) is 1.33. The molecule has 1 aliphatic rings. The number of carbonyl (C=O) groups is 4. The number of fused-ring (bicyclic) bond motifs is 1. The minimum atomic E-state index is -1.10. The van der Waals surface area contributed by atoms with Crippen molar-refractivity contribution in [2.45, 2.75) is 0 Å². The van der Waals surface area contributed by atoms with E-state index in [-0.39, 0.29) is 54.3 Å². The monoisotopic (exact) mass is 439 g/mol. The number of primary amides is 1. The van der Waals surface area contributed by atoms with Crippen LogP contribution in [0.3, 0.4) is 0 Å². The first-order valence-electron chi connectivity index (χ1n) is 9.67. The number of nitrogens with zero attached hydrogens (tertiary/aromatic N) is 3. The maximum absolute atomic E-state index is 14.4. The van der Waals surface area contributed by atoms with Crippen molar-refractivity contribution in [3.63, 3.8) is 0 Å².